The number of carbonyl (C=O) groups is 3. The average molecular weight is 346 g/mol. The minimum atomic E-state index is -1.17. The number of fused-ring (bicyclic) bond motifs is 2. The number of carbonyl (C=O) groups excluding carboxylic acids is 2. The van der Waals surface area contributed by atoms with E-state index >= 15 is 0 Å². The number of thiocarbonyl (C=S) groups is 1. The second-order valence-corrected chi connectivity index (χ2v) is 9.01. The van der Waals surface area contributed by atoms with Gasteiger partial charge in [0.2, 0.25) is 11.8 Å². The lowest BCUT2D eigenvalue weighted by molar-refractivity contribution is -0.149. The van der Waals surface area contributed by atoms with Gasteiger partial charge in [-0.1, -0.05) is 37.8 Å². The molecular formula is C12H14N2O4S3. The minimum Gasteiger partial charge on any atom is -0.480 e. The number of amides is 2. The Bertz CT molecular complexity index is 565. The quantitative estimate of drug-likeness (QED) is 0.553. The van der Waals surface area contributed by atoms with Gasteiger partial charge < -0.3 is 10.4 Å². The molecule has 0 aliphatic carbocycles. The molecular weight excluding hydrogens is 332 g/mol. The third-order valence-corrected chi connectivity index (χ3v) is 7.73. The molecule has 0 bridgehead atoms. The highest BCUT2D eigenvalue weighted by Gasteiger charge is 2.63. The van der Waals surface area contributed by atoms with Crippen LogP contribution in [-0.4, -0.2) is 54.5 Å². The van der Waals surface area contributed by atoms with Crippen LogP contribution in [0.1, 0.15) is 13.8 Å². The van der Waals surface area contributed by atoms with Crippen LogP contribution in [0.4, 0.5) is 0 Å². The normalized spacial score (nSPS) is 37.2. The van der Waals surface area contributed by atoms with Crippen molar-refractivity contribution in [2.75, 3.05) is 6.54 Å². The number of thioether (sulfide) groups is 2. The van der Waals surface area contributed by atoms with Crippen LogP contribution >= 0.6 is 35.7 Å². The van der Waals surface area contributed by atoms with Crippen molar-refractivity contribution < 1.29 is 19.5 Å². The molecule has 3 aliphatic rings. The van der Waals surface area contributed by atoms with E-state index in [-0.39, 0.29) is 16.5 Å². The molecule has 3 rings (SSSR count). The van der Waals surface area contributed by atoms with Gasteiger partial charge in [0.15, 0.2) is 0 Å². The molecule has 0 unspecified atom stereocenters. The number of carboxylic acids is 1. The van der Waals surface area contributed by atoms with Crippen LogP contribution in [0.5, 0.6) is 0 Å². The van der Waals surface area contributed by atoms with E-state index in [0.29, 0.717) is 4.32 Å². The first-order valence-corrected chi connectivity index (χ1v) is 8.66. The molecule has 0 radical (unpaired) electrons. The van der Waals surface area contributed by atoms with E-state index < -0.39 is 35.0 Å². The second kappa shape index (κ2) is 4.85. The maximum atomic E-state index is 12.5. The van der Waals surface area contributed by atoms with Gasteiger partial charge >= 0.3 is 5.97 Å². The zero-order chi connectivity index (χ0) is 15.5. The molecule has 4 atom stereocenters. The summed E-state index contributed by atoms with van der Waals surface area (Å²) < 4.78 is 0.688. The monoisotopic (exact) mass is 346 g/mol. The molecule has 0 spiro atoms. The maximum absolute atomic E-state index is 12.5. The highest BCUT2D eigenvalue weighted by atomic mass is 32.2. The summed E-state index contributed by atoms with van der Waals surface area (Å²) in [5, 5.41) is 11.6. The van der Waals surface area contributed by atoms with Crippen molar-refractivity contribution in [1.82, 2.24) is 10.2 Å². The molecule has 3 saturated heterocycles. The molecule has 3 aliphatic heterocycles. The van der Waals surface area contributed by atoms with Crippen molar-refractivity contribution in [3.63, 3.8) is 0 Å². The highest BCUT2D eigenvalue weighted by Crippen LogP contribution is 2.56. The van der Waals surface area contributed by atoms with Crippen molar-refractivity contribution >= 4 is 57.8 Å². The van der Waals surface area contributed by atoms with Crippen LogP contribution in [0.15, 0.2) is 0 Å². The average Bonchev–Trinajstić information content (AvgIpc) is 2.84. The Morgan fingerprint density at radius 1 is 1.43 bits per heavy atom. The fraction of sp³-hybridized carbons (Fsp3) is 0.667. The number of nitrogens with zero attached hydrogens (tertiary/aromatic N) is 1. The lowest BCUT2D eigenvalue weighted by Gasteiger charge is -2.44. The Balaban J connectivity index is 1.95. The van der Waals surface area contributed by atoms with E-state index in [0.717, 1.165) is 4.90 Å². The first-order chi connectivity index (χ1) is 9.73. The molecule has 0 aromatic carbocycles. The molecule has 3 fully saturated rings. The Kier molecular flexibility index (Phi) is 3.49. The molecule has 9 heteroatoms. The standard InChI is InChI=1S/C12H14N2O4S3/c1-12(2)5-6(20-8-7(12)21-11(19)13-8)10(18)14(9(5)17)3-4(15)16/h5-8H,3H2,1-2H3,(H,13,19)(H,15,16)/t5-,6+,7+,8+/m0/s1. The molecule has 0 aromatic heterocycles. The van der Waals surface area contributed by atoms with Crippen molar-refractivity contribution in [3.8, 4) is 0 Å². The summed E-state index contributed by atoms with van der Waals surface area (Å²) in [6.07, 6.45) is 0. The minimum absolute atomic E-state index is 0.0136. The lowest BCUT2D eigenvalue weighted by atomic mass is 9.74. The summed E-state index contributed by atoms with van der Waals surface area (Å²) in [4.78, 5) is 36.7. The molecule has 114 valence electrons. The first kappa shape index (κ1) is 15.1. The maximum Gasteiger partial charge on any atom is 0.323 e. The van der Waals surface area contributed by atoms with Gasteiger partial charge in [-0.25, -0.2) is 0 Å². The molecule has 0 aromatic rings. The fourth-order valence-corrected chi connectivity index (χ4v) is 7.10. The van der Waals surface area contributed by atoms with Crippen LogP contribution in [0, 0.1) is 11.3 Å². The van der Waals surface area contributed by atoms with E-state index in [1.165, 1.54) is 23.5 Å². The molecule has 6 nitrogen and oxygen atoms in total. The molecule has 2 amide bonds. The summed E-state index contributed by atoms with van der Waals surface area (Å²) >= 11 is 8.11. The summed E-state index contributed by atoms with van der Waals surface area (Å²) in [5.74, 6) is -2.44. The van der Waals surface area contributed by atoms with Crippen molar-refractivity contribution in [2.45, 2.75) is 29.7 Å². The Morgan fingerprint density at radius 3 is 2.71 bits per heavy atom. The molecule has 2 N–H and O–H groups in total. The summed E-state index contributed by atoms with van der Waals surface area (Å²) in [7, 11) is 0. The SMILES string of the molecule is CC1(C)[C@@H]2SC(=S)N[C@@H]2S[C@H]2C(=O)N(CC(=O)O)C(=O)[C@H]21. The number of aliphatic carboxylic acids is 1. The zero-order valence-corrected chi connectivity index (χ0v) is 13.8. The van der Waals surface area contributed by atoms with Gasteiger partial charge in [-0.05, 0) is 5.41 Å². The van der Waals surface area contributed by atoms with Gasteiger partial charge in [-0.2, -0.15) is 0 Å². The smallest absolute Gasteiger partial charge is 0.323 e. The summed E-state index contributed by atoms with van der Waals surface area (Å²) in [6, 6.07) is 0. The van der Waals surface area contributed by atoms with E-state index in [1.807, 2.05) is 13.8 Å². The van der Waals surface area contributed by atoms with E-state index in [4.69, 9.17) is 17.3 Å². The number of rotatable bonds is 2. The van der Waals surface area contributed by atoms with Gasteiger partial charge in [0.05, 0.1) is 16.5 Å². The van der Waals surface area contributed by atoms with Gasteiger partial charge in [0.1, 0.15) is 10.9 Å². The van der Waals surface area contributed by atoms with Gasteiger partial charge in [-0.15, -0.1) is 11.8 Å². The number of likely N-dealkylation sites (tertiary alicyclic amines) is 1. The third kappa shape index (κ3) is 2.17. The van der Waals surface area contributed by atoms with Crippen LogP contribution in [-0.2, 0) is 14.4 Å². The first-order valence-electron chi connectivity index (χ1n) is 6.43. The summed E-state index contributed by atoms with van der Waals surface area (Å²) in [6.45, 7) is 3.36. The van der Waals surface area contributed by atoms with E-state index in [1.54, 1.807) is 0 Å². The fourth-order valence-electron chi connectivity index (χ4n) is 3.22. The van der Waals surface area contributed by atoms with Gasteiger partial charge in [0.25, 0.3) is 0 Å². The number of hydrogen-bond acceptors (Lipinski definition) is 6. The topological polar surface area (TPSA) is 86.7 Å². The predicted octanol–water partition coefficient (Wildman–Crippen LogP) is 0.514. The Labute approximate surface area is 135 Å². The van der Waals surface area contributed by atoms with Crippen LogP contribution in [0.25, 0.3) is 0 Å². The third-order valence-electron chi connectivity index (χ3n) is 4.23. The number of imide groups is 1. The molecule has 3 heterocycles. The van der Waals surface area contributed by atoms with Gasteiger partial charge in [0, 0.05) is 5.25 Å². The van der Waals surface area contributed by atoms with E-state index in [2.05, 4.69) is 5.32 Å². The summed E-state index contributed by atoms with van der Waals surface area (Å²) in [5.41, 5.74) is -0.432. The highest BCUT2D eigenvalue weighted by molar-refractivity contribution is 8.24. The molecule has 0 saturated carbocycles. The largest absolute Gasteiger partial charge is 0.480 e. The van der Waals surface area contributed by atoms with Gasteiger partial charge in [-0.3, -0.25) is 19.3 Å². The molecule has 21 heavy (non-hydrogen) atoms. The van der Waals surface area contributed by atoms with Crippen molar-refractivity contribution in [2.24, 2.45) is 11.3 Å². The number of nitrogens with one attached hydrogen (secondary N) is 1. The van der Waals surface area contributed by atoms with E-state index in [9.17, 15) is 14.4 Å². The number of hydrogen-bond donors (Lipinski definition) is 2. The van der Waals surface area contributed by atoms with Crippen LogP contribution in [0.3, 0.4) is 0 Å². The van der Waals surface area contributed by atoms with Crippen molar-refractivity contribution in [3.05, 3.63) is 0 Å². The van der Waals surface area contributed by atoms with Crippen LogP contribution in [0.2, 0.25) is 0 Å². The lowest BCUT2D eigenvalue weighted by Crippen LogP contribution is -2.52. The van der Waals surface area contributed by atoms with Crippen LogP contribution < -0.4 is 5.32 Å². The number of carboxylic acid groups (broad SMARTS) is 1. The Morgan fingerprint density at radius 2 is 2.10 bits per heavy atom. The zero-order valence-electron chi connectivity index (χ0n) is 11.4. The second-order valence-electron chi connectivity index (χ2n) is 5.90. The predicted molar refractivity (Wildman–Crippen MR) is 83.9 cm³/mol. The van der Waals surface area contributed by atoms with Crippen molar-refractivity contribution in [1.29, 1.82) is 0 Å². The Hall–Kier alpha value is -0.800.